The summed E-state index contributed by atoms with van der Waals surface area (Å²) in [6.45, 7) is 1.37. The third-order valence-corrected chi connectivity index (χ3v) is 2.84. The van der Waals surface area contributed by atoms with E-state index in [0.29, 0.717) is 16.7 Å². The molecule has 15 heavy (non-hydrogen) atoms. The predicted molar refractivity (Wildman–Crippen MR) is 63.4 cm³/mol. The number of halogens is 2. The van der Waals surface area contributed by atoms with Crippen molar-refractivity contribution in [3.8, 4) is 0 Å². The Morgan fingerprint density at radius 3 is 2.87 bits per heavy atom. The van der Waals surface area contributed by atoms with Gasteiger partial charge in [-0.2, -0.15) is 5.10 Å². The van der Waals surface area contributed by atoms with Crippen LogP contribution in [0.5, 0.6) is 0 Å². The molecule has 2 N–H and O–H groups in total. The van der Waals surface area contributed by atoms with E-state index in [4.69, 9.17) is 28.9 Å². The zero-order valence-electron chi connectivity index (χ0n) is 8.08. The van der Waals surface area contributed by atoms with E-state index < -0.39 is 0 Å². The molecule has 5 heteroatoms. The normalized spacial score (nSPS) is 11.1. The minimum absolute atomic E-state index is 0.632. The number of fused-ring (bicyclic) bond motifs is 1. The molecule has 0 spiro atoms. The van der Waals surface area contributed by atoms with Crippen LogP contribution in [0, 0.1) is 0 Å². The quantitative estimate of drug-likeness (QED) is 0.901. The molecule has 3 nitrogen and oxygen atoms in total. The zero-order chi connectivity index (χ0) is 10.8. The SMILES string of the molecule is NCCCn1nc2cc(Cl)ccc2c1Cl. The molecule has 0 bridgehead atoms. The Hall–Kier alpha value is -0.770. The number of nitrogens with zero attached hydrogens (tertiary/aromatic N) is 2. The molecule has 0 atom stereocenters. The zero-order valence-corrected chi connectivity index (χ0v) is 9.59. The van der Waals surface area contributed by atoms with E-state index in [1.165, 1.54) is 0 Å². The third kappa shape index (κ3) is 2.09. The summed E-state index contributed by atoms with van der Waals surface area (Å²) >= 11 is 12.0. The van der Waals surface area contributed by atoms with E-state index in [2.05, 4.69) is 5.10 Å². The van der Waals surface area contributed by atoms with Gasteiger partial charge >= 0.3 is 0 Å². The summed E-state index contributed by atoms with van der Waals surface area (Å²) < 4.78 is 1.76. The average molecular weight is 244 g/mol. The Kier molecular flexibility index (Phi) is 3.14. The summed E-state index contributed by atoms with van der Waals surface area (Å²) in [6, 6.07) is 5.50. The Balaban J connectivity index is 2.44. The fourth-order valence-corrected chi connectivity index (χ4v) is 1.91. The molecule has 1 heterocycles. The summed E-state index contributed by atoms with van der Waals surface area (Å²) in [5.41, 5.74) is 6.26. The van der Waals surface area contributed by atoms with Crippen molar-refractivity contribution in [2.45, 2.75) is 13.0 Å². The Morgan fingerprint density at radius 2 is 2.13 bits per heavy atom. The van der Waals surface area contributed by atoms with Crippen LogP contribution >= 0.6 is 23.2 Å². The molecular formula is C10H11Cl2N3. The van der Waals surface area contributed by atoms with Crippen LogP contribution in [0.2, 0.25) is 10.2 Å². The second kappa shape index (κ2) is 4.39. The van der Waals surface area contributed by atoms with Crippen molar-refractivity contribution in [1.29, 1.82) is 0 Å². The van der Waals surface area contributed by atoms with Gasteiger partial charge in [0.1, 0.15) is 5.15 Å². The van der Waals surface area contributed by atoms with Gasteiger partial charge in [-0.05, 0) is 31.2 Å². The second-order valence-electron chi connectivity index (χ2n) is 3.32. The third-order valence-electron chi connectivity index (χ3n) is 2.21. The molecular weight excluding hydrogens is 233 g/mol. The second-order valence-corrected chi connectivity index (χ2v) is 4.11. The van der Waals surface area contributed by atoms with Crippen molar-refractivity contribution in [1.82, 2.24) is 9.78 Å². The number of hydrogen-bond donors (Lipinski definition) is 1. The average Bonchev–Trinajstić information content (AvgIpc) is 2.52. The lowest BCUT2D eigenvalue weighted by Gasteiger charge is -1.99. The van der Waals surface area contributed by atoms with Crippen molar-refractivity contribution >= 4 is 34.1 Å². The van der Waals surface area contributed by atoms with Gasteiger partial charge in [-0.3, -0.25) is 4.68 Å². The number of aryl methyl sites for hydroxylation is 1. The van der Waals surface area contributed by atoms with Crippen molar-refractivity contribution in [2.24, 2.45) is 5.73 Å². The number of hydrogen-bond acceptors (Lipinski definition) is 2. The molecule has 0 aliphatic heterocycles. The van der Waals surface area contributed by atoms with E-state index in [0.717, 1.165) is 23.9 Å². The summed E-state index contributed by atoms with van der Waals surface area (Å²) in [7, 11) is 0. The Morgan fingerprint density at radius 1 is 1.33 bits per heavy atom. The van der Waals surface area contributed by atoms with Gasteiger partial charge in [0, 0.05) is 17.0 Å². The number of rotatable bonds is 3. The molecule has 0 saturated heterocycles. The minimum Gasteiger partial charge on any atom is -0.330 e. The first-order valence-corrected chi connectivity index (χ1v) is 5.49. The molecule has 0 saturated carbocycles. The molecule has 80 valence electrons. The van der Waals surface area contributed by atoms with E-state index in [-0.39, 0.29) is 0 Å². The van der Waals surface area contributed by atoms with Gasteiger partial charge in [0.2, 0.25) is 0 Å². The highest BCUT2D eigenvalue weighted by Gasteiger charge is 2.08. The predicted octanol–water partition coefficient (Wildman–Crippen LogP) is 2.69. The highest BCUT2D eigenvalue weighted by Crippen LogP contribution is 2.25. The van der Waals surface area contributed by atoms with Crippen molar-refractivity contribution in [3.63, 3.8) is 0 Å². The van der Waals surface area contributed by atoms with E-state index in [1.807, 2.05) is 18.2 Å². The van der Waals surface area contributed by atoms with Crippen LogP contribution in [0.4, 0.5) is 0 Å². The van der Waals surface area contributed by atoms with Gasteiger partial charge in [0.25, 0.3) is 0 Å². The molecule has 1 aromatic carbocycles. The highest BCUT2D eigenvalue weighted by atomic mass is 35.5. The topological polar surface area (TPSA) is 43.8 Å². The molecule has 0 radical (unpaired) electrons. The van der Waals surface area contributed by atoms with Crippen LogP contribution in [0.3, 0.4) is 0 Å². The standard InChI is InChI=1S/C10H11Cl2N3/c11-7-2-3-8-9(6-7)14-15(10(8)12)5-1-4-13/h2-3,6H,1,4-5,13H2. The van der Waals surface area contributed by atoms with Gasteiger partial charge in [-0.15, -0.1) is 0 Å². The van der Waals surface area contributed by atoms with Crippen LogP contribution < -0.4 is 5.73 Å². The molecule has 1 aromatic heterocycles. The first-order chi connectivity index (χ1) is 7.22. The maximum absolute atomic E-state index is 6.16. The molecule has 0 amide bonds. The van der Waals surface area contributed by atoms with E-state index in [1.54, 1.807) is 4.68 Å². The summed E-state index contributed by atoms with van der Waals surface area (Å²) in [5, 5.41) is 6.60. The fraction of sp³-hybridized carbons (Fsp3) is 0.300. The molecule has 2 aromatic rings. The first-order valence-electron chi connectivity index (χ1n) is 4.74. The maximum Gasteiger partial charge on any atom is 0.134 e. The molecule has 0 fully saturated rings. The smallest absolute Gasteiger partial charge is 0.134 e. The van der Waals surface area contributed by atoms with Crippen LogP contribution in [-0.4, -0.2) is 16.3 Å². The summed E-state index contributed by atoms with van der Waals surface area (Å²) in [6.07, 6.45) is 0.863. The Bertz CT molecular complexity index is 479. The minimum atomic E-state index is 0.632. The van der Waals surface area contributed by atoms with Crippen molar-refractivity contribution in [2.75, 3.05) is 6.54 Å². The lowest BCUT2D eigenvalue weighted by Crippen LogP contribution is -2.06. The lowest BCUT2D eigenvalue weighted by atomic mass is 10.3. The van der Waals surface area contributed by atoms with Crippen molar-refractivity contribution < 1.29 is 0 Å². The number of benzene rings is 1. The molecule has 0 aliphatic rings. The van der Waals surface area contributed by atoms with E-state index in [9.17, 15) is 0 Å². The van der Waals surface area contributed by atoms with Gasteiger partial charge < -0.3 is 5.73 Å². The maximum atomic E-state index is 6.16. The summed E-state index contributed by atoms with van der Waals surface area (Å²) in [4.78, 5) is 0. The van der Waals surface area contributed by atoms with Gasteiger partial charge in [0.05, 0.1) is 5.52 Å². The Labute approximate surface area is 97.8 Å². The summed E-state index contributed by atoms with van der Waals surface area (Å²) in [5.74, 6) is 0. The van der Waals surface area contributed by atoms with Crippen LogP contribution in [0.25, 0.3) is 10.9 Å². The largest absolute Gasteiger partial charge is 0.330 e. The van der Waals surface area contributed by atoms with Crippen LogP contribution in [0.15, 0.2) is 18.2 Å². The number of nitrogens with two attached hydrogens (primary N) is 1. The van der Waals surface area contributed by atoms with Crippen LogP contribution in [-0.2, 0) is 6.54 Å². The monoisotopic (exact) mass is 243 g/mol. The highest BCUT2D eigenvalue weighted by molar-refractivity contribution is 6.35. The molecule has 0 unspecified atom stereocenters. The van der Waals surface area contributed by atoms with Gasteiger partial charge in [-0.1, -0.05) is 23.2 Å². The molecule has 0 aliphatic carbocycles. The van der Waals surface area contributed by atoms with Crippen molar-refractivity contribution in [3.05, 3.63) is 28.4 Å². The van der Waals surface area contributed by atoms with Gasteiger partial charge in [0.15, 0.2) is 0 Å². The van der Waals surface area contributed by atoms with E-state index >= 15 is 0 Å². The fourth-order valence-electron chi connectivity index (χ4n) is 1.46. The lowest BCUT2D eigenvalue weighted by molar-refractivity contribution is 0.591. The van der Waals surface area contributed by atoms with Gasteiger partial charge in [-0.25, -0.2) is 0 Å². The van der Waals surface area contributed by atoms with Crippen LogP contribution in [0.1, 0.15) is 6.42 Å². The molecule has 2 rings (SSSR count). The number of aromatic nitrogens is 2. The first kappa shape index (κ1) is 10.7.